The van der Waals surface area contributed by atoms with Crippen molar-refractivity contribution < 1.29 is 17.9 Å². The lowest BCUT2D eigenvalue weighted by Gasteiger charge is -2.09. The van der Waals surface area contributed by atoms with E-state index in [2.05, 4.69) is 0 Å². The van der Waals surface area contributed by atoms with Crippen LogP contribution < -0.4 is 10.5 Å². The Balaban J connectivity index is 2.12. The van der Waals surface area contributed by atoms with Crippen molar-refractivity contribution in [2.24, 2.45) is 5.73 Å². The minimum absolute atomic E-state index is 0.0270. The zero-order valence-electron chi connectivity index (χ0n) is 10.00. The van der Waals surface area contributed by atoms with E-state index in [0.717, 1.165) is 18.2 Å². The molecule has 2 N–H and O–H groups in total. The fourth-order valence-corrected chi connectivity index (χ4v) is 1.60. The predicted octanol–water partition coefficient (Wildman–Crippen LogP) is 3.14. The second kappa shape index (κ2) is 5.75. The van der Waals surface area contributed by atoms with Gasteiger partial charge in [-0.25, -0.2) is 13.2 Å². The van der Waals surface area contributed by atoms with Gasteiger partial charge >= 0.3 is 0 Å². The van der Waals surface area contributed by atoms with Crippen molar-refractivity contribution in [2.45, 2.75) is 13.2 Å². The number of benzene rings is 2. The van der Waals surface area contributed by atoms with Crippen molar-refractivity contribution in [1.29, 1.82) is 0 Å². The van der Waals surface area contributed by atoms with Crippen LogP contribution in [0.2, 0.25) is 0 Å². The Morgan fingerprint density at radius 1 is 0.947 bits per heavy atom. The molecule has 0 heterocycles. The van der Waals surface area contributed by atoms with Crippen LogP contribution in [0.15, 0.2) is 36.4 Å². The molecule has 0 bridgehead atoms. The molecule has 0 spiro atoms. The Morgan fingerprint density at radius 3 is 2.42 bits per heavy atom. The number of halogens is 3. The quantitative estimate of drug-likeness (QED) is 0.923. The van der Waals surface area contributed by atoms with Gasteiger partial charge in [0.1, 0.15) is 18.2 Å². The molecule has 0 saturated carbocycles. The van der Waals surface area contributed by atoms with Crippen LogP contribution in [0.4, 0.5) is 13.2 Å². The molecule has 5 heteroatoms. The van der Waals surface area contributed by atoms with Crippen LogP contribution in [0, 0.1) is 17.5 Å². The summed E-state index contributed by atoms with van der Waals surface area (Å²) in [5, 5.41) is 0. The molecule has 0 amide bonds. The van der Waals surface area contributed by atoms with Crippen LogP contribution in [0.1, 0.15) is 11.1 Å². The number of nitrogens with two attached hydrogens (primary N) is 1. The summed E-state index contributed by atoms with van der Waals surface area (Å²) in [6, 6.07) is 7.30. The largest absolute Gasteiger partial charge is 0.486 e. The molecular formula is C14H12F3NO. The van der Waals surface area contributed by atoms with Crippen LogP contribution in [0.3, 0.4) is 0 Å². The van der Waals surface area contributed by atoms with Gasteiger partial charge in [-0.2, -0.15) is 0 Å². The van der Waals surface area contributed by atoms with E-state index in [-0.39, 0.29) is 24.5 Å². The van der Waals surface area contributed by atoms with E-state index in [1.54, 1.807) is 6.07 Å². The van der Waals surface area contributed by atoms with Crippen molar-refractivity contribution in [2.75, 3.05) is 0 Å². The average Bonchev–Trinajstić information content (AvgIpc) is 2.40. The first-order chi connectivity index (χ1) is 9.10. The smallest absolute Gasteiger partial charge is 0.165 e. The van der Waals surface area contributed by atoms with Gasteiger partial charge in [0.2, 0.25) is 0 Å². The Bertz CT molecular complexity index is 587. The summed E-state index contributed by atoms with van der Waals surface area (Å²) >= 11 is 0. The lowest BCUT2D eigenvalue weighted by molar-refractivity contribution is 0.284. The number of hydrogen-bond donors (Lipinski definition) is 1. The van der Waals surface area contributed by atoms with Crippen LogP contribution in [0.5, 0.6) is 5.75 Å². The maximum atomic E-state index is 13.6. The maximum Gasteiger partial charge on any atom is 0.165 e. The molecule has 2 rings (SSSR count). The lowest BCUT2D eigenvalue weighted by atomic mass is 10.2. The first-order valence-electron chi connectivity index (χ1n) is 5.65. The molecule has 0 aliphatic heterocycles. The molecule has 2 aromatic rings. The minimum atomic E-state index is -0.597. The van der Waals surface area contributed by atoms with Gasteiger partial charge in [0.05, 0.1) is 0 Å². The Kier molecular flexibility index (Phi) is 4.06. The van der Waals surface area contributed by atoms with Gasteiger partial charge in [-0.1, -0.05) is 6.07 Å². The monoisotopic (exact) mass is 267 g/mol. The molecule has 0 aromatic heterocycles. The third-order valence-corrected chi connectivity index (χ3v) is 2.62. The zero-order valence-corrected chi connectivity index (χ0v) is 10.00. The first kappa shape index (κ1) is 13.4. The summed E-state index contributed by atoms with van der Waals surface area (Å²) < 4.78 is 45.0. The molecule has 0 atom stereocenters. The summed E-state index contributed by atoms with van der Waals surface area (Å²) in [4.78, 5) is 0. The van der Waals surface area contributed by atoms with E-state index in [9.17, 15) is 13.2 Å². The Morgan fingerprint density at radius 2 is 1.74 bits per heavy atom. The van der Waals surface area contributed by atoms with E-state index >= 15 is 0 Å². The van der Waals surface area contributed by atoms with Gasteiger partial charge in [-0.3, -0.25) is 0 Å². The van der Waals surface area contributed by atoms with Crippen LogP contribution >= 0.6 is 0 Å². The Hall–Kier alpha value is -2.01. The van der Waals surface area contributed by atoms with Crippen molar-refractivity contribution in [3.63, 3.8) is 0 Å². The number of hydrogen-bond acceptors (Lipinski definition) is 2. The van der Waals surface area contributed by atoms with Crippen LogP contribution in [-0.4, -0.2) is 0 Å². The molecule has 0 aliphatic carbocycles. The third-order valence-electron chi connectivity index (χ3n) is 2.62. The molecule has 2 aromatic carbocycles. The summed E-state index contributed by atoms with van der Waals surface area (Å²) in [5.41, 5.74) is 6.03. The average molecular weight is 267 g/mol. The van der Waals surface area contributed by atoms with Crippen molar-refractivity contribution in [3.05, 3.63) is 65.0 Å². The van der Waals surface area contributed by atoms with E-state index in [1.165, 1.54) is 12.1 Å². The van der Waals surface area contributed by atoms with E-state index < -0.39 is 17.5 Å². The Labute approximate surface area is 108 Å². The topological polar surface area (TPSA) is 35.2 Å². The molecule has 2 nitrogen and oxygen atoms in total. The summed E-state index contributed by atoms with van der Waals surface area (Å²) in [5.74, 6) is -1.78. The summed E-state index contributed by atoms with van der Waals surface area (Å²) in [6.07, 6.45) is 0. The van der Waals surface area contributed by atoms with Gasteiger partial charge < -0.3 is 10.5 Å². The van der Waals surface area contributed by atoms with Gasteiger partial charge in [0.25, 0.3) is 0 Å². The second-order valence-corrected chi connectivity index (χ2v) is 3.99. The first-order valence-corrected chi connectivity index (χ1v) is 5.65. The summed E-state index contributed by atoms with van der Waals surface area (Å²) in [6.45, 7) is -0.0296. The molecule has 0 aliphatic rings. The van der Waals surface area contributed by atoms with E-state index in [4.69, 9.17) is 10.5 Å². The fourth-order valence-electron chi connectivity index (χ4n) is 1.60. The molecule has 0 saturated heterocycles. The normalized spacial score (nSPS) is 10.5. The lowest BCUT2D eigenvalue weighted by Crippen LogP contribution is -2.02. The van der Waals surface area contributed by atoms with Gasteiger partial charge in [-0.05, 0) is 35.9 Å². The van der Waals surface area contributed by atoms with Gasteiger partial charge in [0.15, 0.2) is 11.6 Å². The van der Waals surface area contributed by atoms with Crippen molar-refractivity contribution >= 4 is 0 Å². The highest BCUT2D eigenvalue weighted by Gasteiger charge is 2.08. The van der Waals surface area contributed by atoms with Gasteiger partial charge in [-0.15, -0.1) is 0 Å². The molecule has 0 radical (unpaired) electrons. The second-order valence-electron chi connectivity index (χ2n) is 3.99. The predicted molar refractivity (Wildman–Crippen MR) is 65.0 cm³/mol. The molecule has 0 unspecified atom stereocenters. The number of ether oxygens (including phenoxy) is 1. The van der Waals surface area contributed by atoms with Crippen LogP contribution in [0.25, 0.3) is 0 Å². The highest BCUT2D eigenvalue weighted by Crippen LogP contribution is 2.20. The van der Waals surface area contributed by atoms with E-state index in [0.29, 0.717) is 5.56 Å². The highest BCUT2D eigenvalue weighted by molar-refractivity contribution is 5.29. The third kappa shape index (κ3) is 3.26. The molecule has 100 valence electrons. The molecule has 0 fully saturated rings. The minimum Gasteiger partial charge on any atom is -0.486 e. The highest BCUT2D eigenvalue weighted by atomic mass is 19.1. The summed E-state index contributed by atoms with van der Waals surface area (Å²) in [7, 11) is 0. The standard InChI is InChI=1S/C14H12F3NO/c15-11-2-3-12(16)10(6-11)8-19-14-4-1-9(7-18)5-13(14)17/h1-6H,7-8,18H2. The fraction of sp³-hybridized carbons (Fsp3) is 0.143. The maximum absolute atomic E-state index is 13.6. The van der Waals surface area contributed by atoms with Gasteiger partial charge in [0, 0.05) is 12.1 Å². The van der Waals surface area contributed by atoms with Crippen molar-refractivity contribution in [3.8, 4) is 5.75 Å². The van der Waals surface area contributed by atoms with Crippen LogP contribution in [-0.2, 0) is 13.2 Å². The number of rotatable bonds is 4. The SMILES string of the molecule is NCc1ccc(OCc2cc(F)ccc2F)c(F)c1. The van der Waals surface area contributed by atoms with E-state index in [1.807, 2.05) is 0 Å². The van der Waals surface area contributed by atoms with Crippen molar-refractivity contribution in [1.82, 2.24) is 0 Å². The molecular weight excluding hydrogens is 255 g/mol. The molecule has 19 heavy (non-hydrogen) atoms. The zero-order chi connectivity index (χ0) is 13.8.